The molecule has 0 heterocycles. The van der Waals surface area contributed by atoms with E-state index in [4.69, 9.17) is 32.7 Å². The normalized spacial score (nSPS) is 26.8. The van der Waals surface area contributed by atoms with Crippen LogP contribution in [0.25, 0.3) is 0 Å². The molecule has 6 atom stereocenters. The first-order chi connectivity index (χ1) is 14.9. The zero-order valence-corrected chi connectivity index (χ0v) is 19.4. The van der Waals surface area contributed by atoms with Crippen molar-refractivity contribution in [3.05, 3.63) is 35.9 Å². The number of alkyl halides is 2. The van der Waals surface area contributed by atoms with Crippen molar-refractivity contribution in [2.75, 3.05) is 27.3 Å². The monoisotopic (exact) mass is 474 g/mol. The minimum atomic E-state index is -1.14. The number of ether oxygens (including phenoxy) is 2. The summed E-state index contributed by atoms with van der Waals surface area (Å²) in [6.07, 6.45) is 0.553. The number of rotatable bonds is 11. The predicted molar refractivity (Wildman–Crippen MR) is 120 cm³/mol. The van der Waals surface area contributed by atoms with Gasteiger partial charge in [-0.1, -0.05) is 30.3 Å². The zero-order chi connectivity index (χ0) is 22.8. The number of halogens is 2. The maximum Gasteiger partial charge on any atom is 0.328 e. The zero-order valence-electron chi connectivity index (χ0n) is 17.9. The summed E-state index contributed by atoms with van der Waals surface area (Å²) >= 11 is 12.9. The number of nitrogens with one attached hydrogen (secondary N) is 2. The summed E-state index contributed by atoms with van der Waals surface area (Å²) in [6, 6.07) is 8.42. The number of methoxy groups -OCH3 is 1. The van der Waals surface area contributed by atoms with Crippen molar-refractivity contribution in [1.29, 1.82) is 0 Å². The van der Waals surface area contributed by atoms with E-state index in [0.29, 0.717) is 6.61 Å². The van der Waals surface area contributed by atoms with Gasteiger partial charge in [0.1, 0.15) is 6.04 Å². The van der Waals surface area contributed by atoms with Gasteiger partial charge in [0.05, 0.1) is 36.0 Å². The van der Waals surface area contributed by atoms with Crippen LogP contribution in [-0.4, -0.2) is 73.3 Å². The summed E-state index contributed by atoms with van der Waals surface area (Å²) in [6.45, 7) is 1.36. The number of unbranched alkanes of at least 4 members (excludes halogenated alkanes) is 1. The Kier molecular flexibility index (Phi) is 11.0. The van der Waals surface area contributed by atoms with Crippen LogP contribution >= 0.6 is 23.2 Å². The van der Waals surface area contributed by atoms with Crippen molar-refractivity contribution in [2.24, 2.45) is 5.92 Å². The van der Waals surface area contributed by atoms with E-state index in [2.05, 4.69) is 10.6 Å². The molecule has 1 aromatic carbocycles. The molecule has 1 amide bonds. The molecule has 0 saturated heterocycles. The number of carbonyl (C=O) groups excluding carboxylic acids is 2. The van der Waals surface area contributed by atoms with Gasteiger partial charge in [0.2, 0.25) is 5.91 Å². The third-order valence-corrected chi connectivity index (χ3v) is 6.37. The molecule has 0 aliphatic heterocycles. The first kappa shape index (κ1) is 25.9. The SMILES string of the molecule is CNCCCCOC1C(Cl)CC(C(=O)N[C@@H](Cc2ccccc2)C(=O)OC)C(O)C1Cl. The van der Waals surface area contributed by atoms with Crippen molar-refractivity contribution in [3.8, 4) is 0 Å². The van der Waals surface area contributed by atoms with Gasteiger partial charge in [-0.05, 0) is 38.4 Å². The molecule has 0 spiro atoms. The topological polar surface area (TPSA) is 96.9 Å². The standard InChI is InChI=1S/C22H32Cl2N2O5/c1-25-10-6-7-11-31-20-16(23)13-15(19(27)18(20)24)21(28)26-17(22(29)30-2)12-14-8-4-3-5-9-14/h3-5,8-9,15-20,25,27H,6-7,10-13H2,1-2H3,(H,26,28)/t15?,16?,17-,18?,19?,20?/m0/s1. The molecule has 5 unspecified atom stereocenters. The second-order valence-corrected chi connectivity index (χ2v) is 8.78. The predicted octanol–water partition coefficient (Wildman–Crippen LogP) is 1.87. The van der Waals surface area contributed by atoms with E-state index < -0.39 is 46.8 Å². The van der Waals surface area contributed by atoms with Crippen molar-refractivity contribution >= 4 is 35.1 Å². The Morgan fingerprint density at radius 3 is 2.58 bits per heavy atom. The number of esters is 1. The quantitative estimate of drug-likeness (QED) is 0.257. The Balaban J connectivity index is 1.97. The van der Waals surface area contributed by atoms with Gasteiger partial charge in [-0.3, -0.25) is 4.79 Å². The average Bonchev–Trinajstić information content (AvgIpc) is 2.77. The lowest BCUT2D eigenvalue weighted by Gasteiger charge is -2.39. The highest BCUT2D eigenvalue weighted by Crippen LogP contribution is 2.34. The molecule has 1 aromatic rings. The molecule has 2 rings (SSSR count). The Hall–Kier alpha value is -1.38. The number of amides is 1. The Labute approximate surface area is 193 Å². The van der Waals surface area contributed by atoms with E-state index in [-0.39, 0.29) is 12.8 Å². The Morgan fingerprint density at radius 1 is 1.23 bits per heavy atom. The van der Waals surface area contributed by atoms with Crippen molar-refractivity contribution in [1.82, 2.24) is 10.6 Å². The van der Waals surface area contributed by atoms with E-state index in [9.17, 15) is 14.7 Å². The summed E-state index contributed by atoms with van der Waals surface area (Å²) in [5.41, 5.74) is 0.875. The van der Waals surface area contributed by atoms with Crippen LogP contribution in [0.4, 0.5) is 0 Å². The highest BCUT2D eigenvalue weighted by molar-refractivity contribution is 6.25. The van der Waals surface area contributed by atoms with Crippen molar-refractivity contribution in [3.63, 3.8) is 0 Å². The van der Waals surface area contributed by atoms with Crippen molar-refractivity contribution in [2.45, 2.75) is 54.7 Å². The van der Waals surface area contributed by atoms with Gasteiger partial charge in [0, 0.05) is 13.0 Å². The lowest BCUT2D eigenvalue weighted by Crippen LogP contribution is -2.56. The lowest BCUT2D eigenvalue weighted by atomic mass is 9.83. The highest BCUT2D eigenvalue weighted by atomic mass is 35.5. The lowest BCUT2D eigenvalue weighted by molar-refractivity contribution is -0.147. The number of aliphatic hydroxyl groups excluding tert-OH is 1. The molecule has 1 aliphatic rings. The fourth-order valence-electron chi connectivity index (χ4n) is 3.68. The van der Waals surface area contributed by atoms with Crippen molar-refractivity contribution < 1.29 is 24.2 Å². The van der Waals surface area contributed by atoms with Gasteiger partial charge in [-0.2, -0.15) is 0 Å². The summed E-state index contributed by atoms with van der Waals surface area (Å²) in [7, 11) is 3.15. The second-order valence-electron chi connectivity index (χ2n) is 7.71. The van der Waals surface area contributed by atoms with Crippen LogP contribution in [0.1, 0.15) is 24.8 Å². The fraction of sp³-hybridized carbons (Fsp3) is 0.636. The first-order valence-electron chi connectivity index (χ1n) is 10.5. The number of carbonyl (C=O) groups is 2. The van der Waals surface area contributed by atoms with Gasteiger partial charge in [-0.15, -0.1) is 23.2 Å². The summed E-state index contributed by atoms with van der Waals surface area (Å²) in [5.74, 6) is -1.89. The molecule has 9 heteroatoms. The molecular formula is C22H32Cl2N2O5. The molecule has 1 aliphatic carbocycles. The maximum atomic E-state index is 12.9. The molecule has 0 bridgehead atoms. The average molecular weight is 475 g/mol. The van der Waals surface area contributed by atoms with Gasteiger partial charge < -0.3 is 25.2 Å². The van der Waals surface area contributed by atoms with Crippen LogP contribution in [0.15, 0.2) is 30.3 Å². The fourth-order valence-corrected chi connectivity index (χ4v) is 4.60. The van der Waals surface area contributed by atoms with E-state index in [0.717, 1.165) is 24.9 Å². The Bertz CT molecular complexity index is 694. The number of hydrogen-bond acceptors (Lipinski definition) is 6. The maximum absolute atomic E-state index is 12.9. The molecule has 3 N–H and O–H groups in total. The summed E-state index contributed by atoms with van der Waals surface area (Å²) in [5, 5.41) is 15.1. The van der Waals surface area contributed by atoms with E-state index in [1.54, 1.807) is 0 Å². The summed E-state index contributed by atoms with van der Waals surface area (Å²) in [4.78, 5) is 25.1. The minimum absolute atomic E-state index is 0.193. The van der Waals surface area contributed by atoms with Gasteiger partial charge >= 0.3 is 5.97 Å². The number of benzene rings is 1. The van der Waals surface area contributed by atoms with Crippen LogP contribution in [0, 0.1) is 5.92 Å². The van der Waals surface area contributed by atoms with Gasteiger partial charge in [-0.25, -0.2) is 4.79 Å². The molecule has 1 saturated carbocycles. The molecular weight excluding hydrogens is 443 g/mol. The van der Waals surface area contributed by atoms with E-state index in [1.807, 2.05) is 37.4 Å². The molecule has 0 aromatic heterocycles. The van der Waals surface area contributed by atoms with Crippen LogP contribution in [0.3, 0.4) is 0 Å². The number of aliphatic hydroxyl groups is 1. The van der Waals surface area contributed by atoms with Gasteiger partial charge in [0.25, 0.3) is 0 Å². The van der Waals surface area contributed by atoms with E-state index >= 15 is 0 Å². The van der Waals surface area contributed by atoms with Crippen LogP contribution in [0.2, 0.25) is 0 Å². The third-order valence-electron chi connectivity index (χ3n) is 5.44. The summed E-state index contributed by atoms with van der Waals surface area (Å²) < 4.78 is 10.6. The highest BCUT2D eigenvalue weighted by Gasteiger charge is 2.46. The molecule has 0 radical (unpaired) electrons. The minimum Gasteiger partial charge on any atom is -0.467 e. The molecule has 31 heavy (non-hydrogen) atoms. The van der Waals surface area contributed by atoms with Crippen LogP contribution in [-0.2, 0) is 25.5 Å². The van der Waals surface area contributed by atoms with Gasteiger partial charge in [0.15, 0.2) is 0 Å². The largest absolute Gasteiger partial charge is 0.467 e. The molecule has 174 valence electrons. The number of hydrogen-bond donors (Lipinski definition) is 3. The van der Waals surface area contributed by atoms with Crippen LogP contribution in [0.5, 0.6) is 0 Å². The van der Waals surface area contributed by atoms with E-state index in [1.165, 1.54) is 7.11 Å². The smallest absolute Gasteiger partial charge is 0.328 e. The molecule has 1 fully saturated rings. The van der Waals surface area contributed by atoms with Crippen LogP contribution < -0.4 is 10.6 Å². The first-order valence-corrected chi connectivity index (χ1v) is 11.4. The second kappa shape index (κ2) is 13.2. The molecule has 7 nitrogen and oxygen atoms in total. The Morgan fingerprint density at radius 2 is 1.94 bits per heavy atom. The third kappa shape index (κ3) is 7.61.